The van der Waals surface area contributed by atoms with Crippen LogP contribution >= 0.6 is 0 Å². The summed E-state index contributed by atoms with van der Waals surface area (Å²) >= 11 is 0. The molecule has 0 saturated heterocycles. The van der Waals surface area contributed by atoms with E-state index in [0.717, 1.165) is 5.69 Å². The highest BCUT2D eigenvalue weighted by atomic mass is 16.7. The van der Waals surface area contributed by atoms with E-state index in [1.807, 2.05) is 33.8 Å². The van der Waals surface area contributed by atoms with Gasteiger partial charge < -0.3 is 14.5 Å². The van der Waals surface area contributed by atoms with Gasteiger partial charge in [0.05, 0.1) is 11.9 Å². The van der Waals surface area contributed by atoms with Crippen LogP contribution in [0.15, 0.2) is 10.9 Å². The predicted molar refractivity (Wildman–Crippen MR) is 76.9 cm³/mol. The van der Waals surface area contributed by atoms with Gasteiger partial charge in [0.15, 0.2) is 6.29 Å². The molecule has 0 amide bonds. The number of fused-ring (bicyclic) bond motifs is 1. The lowest BCUT2D eigenvalue weighted by Crippen LogP contribution is -2.32. The minimum absolute atomic E-state index is 0.0683. The second kappa shape index (κ2) is 6.19. The summed E-state index contributed by atoms with van der Waals surface area (Å²) in [6, 6.07) is 1.82. The standard InChI is InChI=1S/C14H21N3O3/c1-5-19-12(20-6-2)8-17-10(4)16-13-11(14(17)18)7-9(3)15-13/h7,12,15H,5-6,8H2,1-4H3. The van der Waals surface area contributed by atoms with Crippen LogP contribution in [0.4, 0.5) is 0 Å². The molecule has 20 heavy (non-hydrogen) atoms. The van der Waals surface area contributed by atoms with Crippen molar-refractivity contribution in [2.75, 3.05) is 13.2 Å². The van der Waals surface area contributed by atoms with Gasteiger partial charge in [-0.2, -0.15) is 0 Å². The van der Waals surface area contributed by atoms with Crippen molar-refractivity contribution < 1.29 is 9.47 Å². The molecule has 0 atom stereocenters. The van der Waals surface area contributed by atoms with Gasteiger partial charge in [0.2, 0.25) is 0 Å². The minimum atomic E-state index is -0.430. The highest BCUT2D eigenvalue weighted by Gasteiger charge is 2.15. The van der Waals surface area contributed by atoms with E-state index in [4.69, 9.17) is 9.47 Å². The van der Waals surface area contributed by atoms with Gasteiger partial charge in [-0.3, -0.25) is 9.36 Å². The first-order valence-corrected chi connectivity index (χ1v) is 6.86. The van der Waals surface area contributed by atoms with E-state index in [9.17, 15) is 4.79 Å². The van der Waals surface area contributed by atoms with Gasteiger partial charge in [0.25, 0.3) is 5.56 Å². The van der Waals surface area contributed by atoms with Gasteiger partial charge in [0, 0.05) is 18.9 Å². The Balaban J connectivity index is 2.40. The second-order valence-corrected chi connectivity index (χ2v) is 4.63. The number of aromatic amines is 1. The van der Waals surface area contributed by atoms with Gasteiger partial charge in [-0.25, -0.2) is 4.98 Å². The summed E-state index contributed by atoms with van der Waals surface area (Å²) in [4.78, 5) is 20.0. The van der Waals surface area contributed by atoms with Crippen LogP contribution in [0.25, 0.3) is 11.0 Å². The van der Waals surface area contributed by atoms with Crippen molar-refractivity contribution in [2.45, 2.75) is 40.5 Å². The third kappa shape index (κ3) is 2.91. The fourth-order valence-corrected chi connectivity index (χ4v) is 2.23. The van der Waals surface area contributed by atoms with Crippen LogP contribution in [0.1, 0.15) is 25.4 Å². The average Bonchev–Trinajstić information content (AvgIpc) is 2.75. The number of hydrogen-bond donors (Lipinski definition) is 1. The van der Waals surface area contributed by atoms with E-state index in [0.29, 0.717) is 36.6 Å². The smallest absolute Gasteiger partial charge is 0.263 e. The van der Waals surface area contributed by atoms with E-state index >= 15 is 0 Å². The van der Waals surface area contributed by atoms with Crippen LogP contribution in [-0.2, 0) is 16.0 Å². The van der Waals surface area contributed by atoms with Crippen LogP contribution in [0, 0.1) is 13.8 Å². The third-order valence-electron chi connectivity index (χ3n) is 3.11. The average molecular weight is 279 g/mol. The van der Waals surface area contributed by atoms with E-state index in [-0.39, 0.29) is 5.56 Å². The van der Waals surface area contributed by atoms with E-state index in [1.54, 1.807) is 4.57 Å². The Hall–Kier alpha value is -1.66. The number of aryl methyl sites for hydroxylation is 2. The molecule has 0 aliphatic carbocycles. The Labute approximate surface area is 117 Å². The lowest BCUT2D eigenvalue weighted by molar-refractivity contribution is -0.144. The van der Waals surface area contributed by atoms with Crippen molar-refractivity contribution in [3.8, 4) is 0 Å². The molecule has 0 spiro atoms. The predicted octanol–water partition coefficient (Wildman–Crippen LogP) is 1.74. The molecule has 0 aliphatic heterocycles. The molecular weight excluding hydrogens is 258 g/mol. The molecule has 2 rings (SSSR count). The third-order valence-corrected chi connectivity index (χ3v) is 3.11. The topological polar surface area (TPSA) is 69.1 Å². The lowest BCUT2D eigenvalue weighted by atomic mass is 10.3. The molecule has 1 N–H and O–H groups in total. The zero-order valence-corrected chi connectivity index (χ0v) is 12.4. The molecule has 0 saturated carbocycles. The number of ether oxygens (including phenoxy) is 2. The first-order valence-electron chi connectivity index (χ1n) is 6.86. The fraction of sp³-hybridized carbons (Fsp3) is 0.571. The maximum absolute atomic E-state index is 12.5. The Morgan fingerprint density at radius 1 is 1.30 bits per heavy atom. The molecule has 0 unspecified atom stereocenters. The molecular formula is C14H21N3O3. The van der Waals surface area contributed by atoms with Crippen LogP contribution in [0.5, 0.6) is 0 Å². The molecule has 2 aromatic heterocycles. The van der Waals surface area contributed by atoms with Gasteiger partial charge in [0.1, 0.15) is 11.5 Å². The van der Waals surface area contributed by atoms with Crippen LogP contribution < -0.4 is 5.56 Å². The van der Waals surface area contributed by atoms with Crippen molar-refractivity contribution in [3.05, 3.63) is 27.9 Å². The first kappa shape index (κ1) is 14.7. The zero-order valence-electron chi connectivity index (χ0n) is 12.4. The minimum Gasteiger partial charge on any atom is -0.351 e. The molecule has 110 valence electrons. The number of rotatable bonds is 6. The monoisotopic (exact) mass is 279 g/mol. The normalized spacial score (nSPS) is 11.7. The number of hydrogen-bond acceptors (Lipinski definition) is 4. The highest BCUT2D eigenvalue weighted by Crippen LogP contribution is 2.10. The van der Waals surface area contributed by atoms with Crippen molar-refractivity contribution in [1.82, 2.24) is 14.5 Å². The summed E-state index contributed by atoms with van der Waals surface area (Å²) in [5.74, 6) is 0.647. The van der Waals surface area contributed by atoms with Crippen LogP contribution in [0.2, 0.25) is 0 Å². The van der Waals surface area contributed by atoms with E-state index < -0.39 is 6.29 Å². The summed E-state index contributed by atoms with van der Waals surface area (Å²) in [6.45, 7) is 8.95. The Kier molecular flexibility index (Phi) is 4.57. The van der Waals surface area contributed by atoms with E-state index in [1.165, 1.54) is 0 Å². The molecule has 2 heterocycles. The van der Waals surface area contributed by atoms with E-state index in [2.05, 4.69) is 9.97 Å². The summed E-state index contributed by atoms with van der Waals surface area (Å²) < 4.78 is 12.6. The number of aromatic nitrogens is 3. The largest absolute Gasteiger partial charge is 0.351 e. The summed E-state index contributed by atoms with van der Waals surface area (Å²) in [5.41, 5.74) is 1.49. The Morgan fingerprint density at radius 2 is 1.95 bits per heavy atom. The number of nitrogens with one attached hydrogen (secondary N) is 1. The summed E-state index contributed by atoms with van der Waals surface area (Å²) in [7, 11) is 0. The number of H-pyrrole nitrogens is 1. The first-order chi connectivity index (χ1) is 9.56. The maximum Gasteiger partial charge on any atom is 0.263 e. The molecule has 0 aliphatic rings. The van der Waals surface area contributed by atoms with Crippen molar-refractivity contribution in [3.63, 3.8) is 0 Å². The molecule has 0 aromatic carbocycles. The molecule has 6 heteroatoms. The fourth-order valence-electron chi connectivity index (χ4n) is 2.23. The van der Waals surface area contributed by atoms with Crippen molar-refractivity contribution in [2.24, 2.45) is 0 Å². The molecule has 0 bridgehead atoms. The zero-order chi connectivity index (χ0) is 14.7. The summed E-state index contributed by atoms with van der Waals surface area (Å²) in [5, 5.41) is 0.597. The Morgan fingerprint density at radius 3 is 2.55 bits per heavy atom. The molecule has 2 aromatic rings. The molecule has 0 radical (unpaired) electrons. The van der Waals surface area contributed by atoms with Gasteiger partial charge in [-0.05, 0) is 33.8 Å². The Bertz CT molecular complexity index is 639. The van der Waals surface area contributed by atoms with Gasteiger partial charge in [-0.15, -0.1) is 0 Å². The second-order valence-electron chi connectivity index (χ2n) is 4.63. The van der Waals surface area contributed by atoms with Crippen molar-refractivity contribution in [1.29, 1.82) is 0 Å². The van der Waals surface area contributed by atoms with Gasteiger partial charge in [-0.1, -0.05) is 0 Å². The van der Waals surface area contributed by atoms with Crippen LogP contribution in [0.3, 0.4) is 0 Å². The van der Waals surface area contributed by atoms with Crippen molar-refractivity contribution >= 4 is 11.0 Å². The highest BCUT2D eigenvalue weighted by molar-refractivity contribution is 5.75. The molecule has 0 fully saturated rings. The maximum atomic E-state index is 12.5. The van der Waals surface area contributed by atoms with Crippen LogP contribution in [-0.4, -0.2) is 34.0 Å². The van der Waals surface area contributed by atoms with Gasteiger partial charge >= 0.3 is 0 Å². The number of nitrogens with zero attached hydrogens (tertiary/aromatic N) is 2. The lowest BCUT2D eigenvalue weighted by Gasteiger charge is -2.19. The quantitative estimate of drug-likeness (QED) is 0.818. The summed E-state index contributed by atoms with van der Waals surface area (Å²) in [6.07, 6.45) is -0.430. The molecule has 6 nitrogen and oxygen atoms in total. The SMILES string of the molecule is CCOC(Cn1c(C)nc2[nH]c(C)cc2c1=O)OCC.